The van der Waals surface area contributed by atoms with Crippen LogP contribution >= 0.6 is 24.4 Å². The first-order valence-corrected chi connectivity index (χ1v) is 9.15. The number of thiocarbonyl (C=S) groups is 2. The van der Waals surface area contributed by atoms with Gasteiger partial charge in [0.25, 0.3) is 0 Å². The van der Waals surface area contributed by atoms with E-state index in [9.17, 15) is 0 Å². The minimum absolute atomic E-state index is 0.686. The molecule has 128 valence electrons. The molecule has 0 aromatic carbocycles. The van der Waals surface area contributed by atoms with Gasteiger partial charge in [-0.25, -0.2) is 0 Å². The molecular weight excluding hydrogens is 328 g/mol. The highest BCUT2D eigenvalue weighted by atomic mass is 32.1. The first-order valence-electron chi connectivity index (χ1n) is 8.34. The van der Waals surface area contributed by atoms with Gasteiger partial charge in [0.05, 0.1) is 11.9 Å². The zero-order valence-corrected chi connectivity index (χ0v) is 15.4. The maximum Gasteiger partial charge on any atom is 0.189 e. The molecule has 8 heteroatoms. The van der Waals surface area contributed by atoms with Crippen molar-refractivity contribution < 1.29 is 0 Å². The fourth-order valence-electron chi connectivity index (χ4n) is 2.68. The van der Waals surface area contributed by atoms with Crippen LogP contribution < -0.4 is 10.9 Å². The maximum atomic E-state index is 5.35. The quantitative estimate of drug-likeness (QED) is 0.460. The van der Waals surface area contributed by atoms with Gasteiger partial charge in [0.1, 0.15) is 0 Å². The van der Waals surface area contributed by atoms with E-state index < -0.39 is 0 Å². The number of rotatable bonds is 3. The van der Waals surface area contributed by atoms with Gasteiger partial charge in [0, 0.05) is 26.2 Å². The number of hydrazone groups is 2. The summed E-state index contributed by atoms with van der Waals surface area (Å²) in [6, 6.07) is 0. The summed E-state index contributed by atoms with van der Waals surface area (Å²) in [7, 11) is 0. The Balaban J connectivity index is 1.70. The third-order valence-electron chi connectivity index (χ3n) is 4.03. The van der Waals surface area contributed by atoms with Gasteiger partial charge in [-0.3, -0.25) is 10.9 Å². The molecule has 23 heavy (non-hydrogen) atoms. The van der Waals surface area contributed by atoms with Gasteiger partial charge >= 0.3 is 0 Å². The highest BCUT2D eigenvalue weighted by Gasteiger charge is 2.13. The molecule has 0 radical (unpaired) electrons. The lowest BCUT2D eigenvalue weighted by molar-refractivity contribution is 0.338. The molecule has 0 saturated carbocycles. The van der Waals surface area contributed by atoms with Crippen molar-refractivity contribution in [2.45, 2.75) is 45.4 Å². The van der Waals surface area contributed by atoms with E-state index in [2.05, 4.69) is 30.9 Å². The lowest BCUT2D eigenvalue weighted by Gasteiger charge is -2.28. The number of nitrogens with one attached hydrogen (secondary N) is 2. The molecule has 2 saturated heterocycles. The lowest BCUT2D eigenvalue weighted by Crippen LogP contribution is -2.41. The standard InChI is InChI=1S/C15H26N6S2/c1-13(17-19-15(23)21-10-6-3-7-11-21)12-16-18-14(22)20-8-4-2-5-9-20/h12H,2-11H2,1H3,(H,18,22)(H,19,23)/b16-12-,17-13+. The second-order valence-electron chi connectivity index (χ2n) is 5.94. The van der Waals surface area contributed by atoms with E-state index in [1.54, 1.807) is 6.21 Å². The first kappa shape index (κ1) is 18.1. The Kier molecular flexibility index (Phi) is 7.67. The second kappa shape index (κ2) is 9.77. The minimum atomic E-state index is 0.686. The van der Waals surface area contributed by atoms with Gasteiger partial charge in [0.15, 0.2) is 10.2 Å². The summed E-state index contributed by atoms with van der Waals surface area (Å²) in [5.74, 6) is 0. The Morgan fingerprint density at radius 3 is 1.83 bits per heavy atom. The van der Waals surface area contributed by atoms with Gasteiger partial charge in [0.2, 0.25) is 0 Å². The van der Waals surface area contributed by atoms with Crippen LogP contribution in [0.2, 0.25) is 0 Å². The van der Waals surface area contributed by atoms with E-state index in [-0.39, 0.29) is 0 Å². The van der Waals surface area contributed by atoms with Crippen LogP contribution in [0.15, 0.2) is 10.2 Å². The highest BCUT2D eigenvalue weighted by Crippen LogP contribution is 2.09. The molecule has 2 rings (SSSR count). The molecule has 2 heterocycles. The van der Waals surface area contributed by atoms with E-state index in [1.807, 2.05) is 6.92 Å². The summed E-state index contributed by atoms with van der Waals surface area (Å²) in [6.07, 6.45) is 9.02. The van der Waals surface area contributed by atoms with Crippen LogP contribution in [-0.4, -0.2) is 58.1 Å². The number of hydrogen-bond acceptors (Lipinski definition) is 4. The summed E-state index contributed by atoms with van der Waals surface area (Å²) in [6.45, 7) is 5.93. The molecule has 2 N–H and O–H groups in total. The number of piperidine rings is 2. The predicted molar refractivity (Wildman–Crippen MR) is 104 cm³/mol. The minimum Gasteiger partial charge on any atom is -0.348 e. The molecule has 0 spiro atoms. The Labute approximate surface area is 149 Å². The molecule has 0 amide bonds. The average molecular weight is 355 g/mol. The Morgan fingerprint density at radius 1 is 0.826 bits per heavy atom. The number of hydrogen-bond donors (Lipinski definition) is 2. The van der Waals surface area contributed by atoms with Crippen LogP contribution in [0, 0.1) is 0 Å². The largest absolute Gasteiger partial charge is 0.348 e. The topological polar surface area (TPSA) is 55.3 Å². The van der Waals surface area contributed by atoms with E-state index in [0.29, 0.717) is 10.2 Å². The summed E-state index contributed by atoms with van der Waals surface area (Å²) < 4.78 is 0. The summed E-state index contributed by atoms with van der Waals surface area (Å²) >= 11 is 10.7. The van der Waals surface area contributed by atoms with Crippen LogP contribution in [-0.2, 0) is 0 Å². The molecule has 0 bridgehead atoms. The van der Waals surface area contributed by atoms with E-state index in [1.165, 1.54) is 38.5 Å². The van der Waals surface area contributed by atoms with Gasteiger partial charge in [-0.2, -0.15) is 10.2 Å². The van der Waals surface area contributed by atoms with E-state index >= 15 is 0 Å². The summed E-state index contributed by atoms with van der Waals surface area (Å²) in [5, 5.41) is 9.77. The Hall–Kier alpha value is -1.28. The fourth-order valence-corrected chi connectivity index (χ4v) is 3.14. The summed E-state index contributed by atoms with van der Waals surface area (Å²) in [5.41, 5.74) is 6.59. The van der Waals surface area contributed by atoms with Crippen molar-refractivity contribution in [1.82, 2.24) is 20.7 Å². The van der Waals surface area contributed by atoms with Crippen LogP contribution in [0.1, 0.15) is 45.4 Å². The average Bonchev–Trinajstić information content (AvgIpc) is 2.61. The van der Waals surface area contributed by atoms with Gasteiger partial charge in [-0.1, -0.05) is 0 Å². The zero-order valence-electron chi connectivity index (χ0n) is 13.8. The lowest BCUT2D eigenvalue weighted by atomic mass is 10.1. The van der Waals surface area contributed by atoms with Crippen LogP contribution in [0.3, 0.4) is 0 Å². The normalized spacial score (nSPS) is 19.8. The fraction of sp³-hybridized carbons (Fsp3) is 0.733. The molecule has 6 nitrogen and oxygen atoms in total. The molecule has 2 fully saturated rings. The molecular formula is C15H26N6S2. The SMILES string of the molecule is CC(/C=N\NC(=S)N1CCCCC1)=N\NC(=S)N1CCCCC1. The monoisotopic (exact) mass is 354 g/mol. The van der Waals surface area contributed by atoms with Crippen LogP contribution in [0.5, 0.6) is 0 Å². The number of nitrogens with zero attached hydrogens (tertiary/aromatic N) is 4. The zero-order chi connectivity index (χ0) is 16.5. The third-order valence-corrected chi connectivity index (χ3v) is 4.72. The van der Waals surface area contributed by atoms with Gasteiger partial charge in [-0.15, -0.1) is 0 Å². The van der Waals surface area contributed by atoms with Crippen molar-refractivity contribution in [1.29, 1.82) is 0 Å². The van der Waals surface area contributed by atoms with Crippen molar-refractivity contribution >= 4 is 46.6 Å². The molecule has 0 aromatic rings. The van der Waals surface area contributed by atoms with Crippen molar-refractivity contribution in [3.8, 4) is 0 Å². The van der Waals surface area contributed by atoms with E-state index in [4.69, 9.17) is 24.4 Å². The second-order valence-corrected chi connectivity index (χ2v) is 6.71. The highest BCUT2D eigenvalue weighted by molar-refractivity contribution is 7.80. The molecule has 0 unspecified atom stereocenters. The van der Waals surface area contributed by atoms with Gasteiger partial charge < -0.3 is 9.80 Å². The van der Waals surface area contributed by atoms with Crippen molar-refractivity contribution in [3.05, 3.63) is 0 Å². The maximum absolute atomic E-state index is 5.35. The summed E-state index contributed by atoms with van der Waals surface area (Å²) in [4.78, 5) is 4.32. The molecule has 0 aromatic heterocycles. The molecule has 0 aliphatic carbocycles. The molecule has 0 atom stereocenters. The molecule has 2 aliphatic rings. The first-order chi connectivity index (χ1) is 11.2. The van der Waals surface area contributed by atoms with Crippen molar-refractivity contribution in [2.75, 3.05) is 26.2 Å². The van der Waals surface area contributed by atoms with Crippen LogP contribution in [0.25, 0.3) is 0 Å². The van der Waals surface area contributed by atoms with Crippen molar-refractivity contribution in [2.24, 2.45) is 10.2 Å². The third kappa shape index (κ3) is 6.39. The van der Waals surface area contributed by atoms with E-state index in [0.717, 1.165) is 31.9 Å². The smallest absolute Gasteiger partial charge is 0.189 e. The molecule has 2 aliphatic heterocycles. The van der Waals surface area contributed by atoms with Gasteiger partial charge in [-0.05, 0) is 69.9 Å². The Morgan fingerprint density at radius 2 is 1.30 bits per heavy atom. The van der Waals surface area contributed by atoms with Crippen molar-refractivity contribution in [3.63, 3.8) is 0 Å². The predicted octanol–water partition coefficient (Wildman–Crippen LogP) is 2.07. The number of likely N-dealkylation sites (tertiary alicyclic amines) is 2. The Bertz CT molecular complexity index is 465. The van der Waals surface area contributed by atoms with Crippen LogP contribution in [0.4, 0.5) is 0 Å².